The summed E-state index contributed by atoms with van der Waals surface area (Å²) in [5, 5.41) is 2.49. The minimum absolute atomic E-state index is 0.0163. The molecular formula is C22H25NO3. The molecule has 2 atom stereocenters. The van der Waals surface area contributed by atoms with Crippen molar-refractivity contribution in [1.82, 2.24) is 4.90 Å². The molecule has 1 amide bonds. The highest BCUT2D eigenvalue weighted by molar-refractivity contribution is 5.94. The van der Waals surface area contributed by atoms with Crippen LogP contribution < -0.4 is 0 Å². The average Bonchev–Trinajstić information content (AvgIpc) is 2.58. The molecule has 4 rings (SSSR count). The number of morpholine rings is 1. The highest BCUT2D eigenvalue weighted by Gasteiger charge is 2.40. The predicted molar refractivity (Wildman–Crippen MR) is 103 cm³/mol. The number of benzene rings is 2. The Labute approximate surface area is 154 Å². The molecule has 0 saturated carbocycles. The second-order valence-electron chi connectivity index (χ2n) is 8.07. The molecule has 2 heterocycles. The Kier molecular flexibility index (Phi) is 4.23. The first-order valence-electron chi connectivity index (χ1n) is 9.20. The lowest BCUT2D eigenvalue weighted by molar-refractivity contribution is -0.0510. The molecule has 26 heavy (non-hydrogen) atoms. The molecule has 2 aromatic rings. The van der Waals surface area contributed by atoms with E-state index in [-0.39, 0.29) is 18.2 Å². The topological polar surface area (TPSA) is 38.8 Å². The third-order valence-corrected chi connectivity index (χ3v) is 4.94. The van der Waals surface area contributed by atoms with E-state index in [0.29, 0.717) is 13.2 Å². The molecule has 2 bridgehead atoms. The molecule has 2 aromatic carbocycles. The molecule has 4 nitrogen and oxygen atoms in total. The Hall–Kier alpha value is -2.33. The highest BCUT2D eigenvalue weighted by atomic mass is 16.6. The van der Waals surface area contributed by atoms with E-state index in [0.717, 1.165) is 6.42 Å². The maximum atomic E-state index is 12.7. The van der Waals surface area contributed by atoms with Gasteiger partial charge in [-0.25, -0.2) is 4.79 Å². The van der Waals surface area contributed by atoms with Gasteiger partial charge in [0.1, 0.15) is 5.60 Å². The molecular weight excluding hydrogens is 326 g/mol. The fourth-order valence-corrected chi connectivity index (χ4v) is 3.90. The van der Waals surface area contributed by atoms with E-state index in [1.807, 2.05) is 25.7 Å². The summed E-state index contributed by atoms with van der Waals surface area (Å²) >= 11 is 0. The van der Waals surface area contributed by atoms with Crippen LogP contribution in [0.15, 0.2) is 48.5 Å². The normalized spacial score (nSPS) is 22.9. The van der Waals surface area contributed by atoms with Crippen LogP contribution in [-0.4, -0.2) is 41.9 Å². The molecule has 0 radical (unpaired) electrons. The lowest BCUT2D eigenvalue weighted by atomic mass is 9.88. The van der Waals surface area contributed by atoms with Gasteiger partial charge < -0.3 is 9.47 Å². The van der Waals surface area contributed by atoms with Gasteiger partial charge in [0, 0.05) is 0 Å². The van der Waals surface area contributed by atoms with Crippen molar-refractivity contribution >= 4 is 22.4 Å². The van der Waals surface area contributed by atoms with Crippen molar-refractivity contribution in [2.75, 3.05) is 13.2 Å². The van der Waals surface area contributed by atoms with E-state index in [1.165, 1.54) is 21.9 Å². The summed E-state index contributed by atoms with van der Waals surface area (Å²) in [6, 6.07) is 14.8. The van der Waals surface area contributed by atoms with Crippen molar-refractivity contribution in [1.29, 1.82) is 0 Å². The third kappa shape index (κ3) is 3.21. The summed E-state index contributed by atoms with van der Waals surface area (Å²) < 4.78 is 11.4. The zero-order valence-corrected chi connectivity index (χ0v) is 15.6. The van der Waals surface area contributed by atoms with Gasteiger partial charge in [0.25, 0.3) is 0 Å². The summed E-state index contributed by atoms with van der Waals surface area (Å²) in [4.78, 5) is 14.6. The zero-order valence-electron chi connectivity index (χ0n) is 15.6. The van der Waals surface area contributed by atoms with Gasteiger partial charge in [0.2, 0.25) is 0 Å². The zero-order chi connectivity index (χ0) is 18.3. The Balaban J connectivity index is 1.69. The predicted octanol–water partition coefficient (Wildman–Crippen LogP) is 4.63. The van der Waals surface area contributed by atoms with Crippen molar-refractivity contribution in [3.05, 3.63) is 54.1 Å². The number of hydrogen-bond donors (Lipinski definition) is 0. The number of rotatable bonds is 1. The smallest absolute Gasteiger partial charge is 0.411 e. The van der Waals surface area contributed by atoms with Crippen LogP contribution in [0.4, 0.5) is 4.79 Å². The molecule has 2 aliphatic heterocycles. The molecule has 2 unspecified atom stereocenters. The third-order valence-electron chi connectivity index (χ3n) is 4.94. The monoisotopic (exact) mass is 351 g/mol. The van der Waals surface area contributed by atoms with E-state index < -0.39 is 5.60 Å². The summed E-state index contributed by atoms with van der Waals surface area (Å²) in [7, 11) is 0. The first-order valence-corrected chi connectivity index (χ1v) is 9.20. The molecule has 1 saturated heterocycles. The van der Waals surface area contributed by atoms with E-state index in [4.69, 9.17) is 9.47 Å². The number of fused-ring (bicyclic) bond motifs is 3. The number of carbonyl (C=O) groups excluding carboxylic acids is 1. The van der Waals surface area contributed by atoms with Crippen LogP contribution >= 0.6 is 0 Å². The number of ether oxygens (including phenoxy) is 2. The van der Waals surface area contributed by atoms with Gasteiger partial charge in [-0.15, -0.1) is 0 Å². The SMILES string of the molecule is CC(C)(C)OC(=O)N1C2C=C(c3cccc4ccccc34)CC1COC2. The molecule has 1 fully saturated rings. The number of nitrogens with zero attached hydrogens (tertiary/aromatic N) is 1. The first kappa shape index (κ1) is 17.1. The molecule has 4 heteroatoms. The van der Waals surface area contributed by atoms with Crippen molar-refractivity contribution in [2.45, 2.75) is 44.9 Å². The summed E-state index contributed by atoms with van der Waals surface area (Å²) in [5.41, 5.74) is 2.05. The van der Waals surface area contributed by atoms with Crippen LogP contribution in [0.1, 0.15) is 32.8 Å². The second-order valence-corrected chi connectivity index (χ2v) is 8.07. The van der Waals surface area contributed by atoms with Gasteiger partial charge in [-0.2, -0.15) is 0 Å². The molecule has 0 aliphatic carbocycles. The Morgan fingerprint density at radius 2 is 1.88 bits per heavy atom. The fourth-order valence-electron chi connectivity index (χ4n) is 3.90. The first-order chi connectivity index (χ1) is 12.4. The Bertz CT molecular complexity index is 860. The van der Waals surface area contributed by atoms with Crippen molar-refractivity contribution < 1.29 is 14.3 Å². The summed E-state index contributed by atoms with van der Waals surface area (Å²) in [6.07, 6.45) is 2.72. The van der Waals surface area contributed by atoms with E-state index in [1.54, 1.807) is 0 Å². The summed E-state index contributed by atoms with van der Waals surface area (Å²) in [6.45, 7) is 6.78. The fraction of sp³-hybridized carbons (Fsp3) is 0.409. The van der Waals surface area contributed by atoms with Crippen LogP contribution in [0, 0.1) is 0 Å². The van der Waals surface area contributed by atoms with Crippen molar-refractivity contribution in [3.63, 3.8) is 0 Å². The lowest BCUT2D eigenvalue weighted by Crippen LogP contribution is -2.57. The van der Waals surface area contributed by atoms with Gasteiger partial charge in [-0.1, -0.05) is 48.5 Å². The highest BCUT2D eigenvalue weighted by Crippen LogP contribution is 2.36. The van der Waals surface area contributed by atoms with Crippen LogP contribution in [0.2, 0.25) is 0 Å². The quantitative estimate of drug-likeness (QED) is 0.752. The van der Waals surface area contributed by atoms with Gasteiger partial charge in [-0.3, -0.25) is 4.90 Å². The standard InChI is InChI=1S/C22H25NO3/c1-22(2,3)26-21(24)23-17-11-16(12-18(23)14-25-13-17)20-10-6-8-15-7-4-5-9-19(15)20/h4-11,17-18H,12-14H2,1-3H3. The largest absolute Gasteiger partial charge is 0.444 e. The molecule has 0 N–H and O–H groups in total. The Morgan fingerprint density at radius 1 is 1.12 bits per heavy atom. The van der Waals surface area contributed by atoms with Crippen molar-refractivity contribution in [3.8, 4) is 0 Å². The molecule has 2 aliphatic rings. The van der Waals surface area contributed by atoms with Gasteiger partial charge >= 0.3 is 6.09 Å². The molecule has 0 aromatic heterocycles. The van der Waals surface area contributed by atoms with Crippen LogP contribution in [0.3, 0.4) is 0 Å². The van der Waals surface area contributed by atoms with Gasteiger partial charge in [0.15, 0.2) is 0 Å². The Morgan fingerprint density at radius 3 is 2.65 bits per heavy atom. The lowest BCUT2D eigenvalue weighted by Gasteiger charge is -2.44. The maximum Gasteiger partial charge on any atom is 0.411 e. The minimum Gasteiger partial charge on any atom is -0.444 e. The van der Waals surface area contributed by atoms with Crippen LogP contribution in [0.5, 0.6) is 0 Å². The van der Waals surface area contributed by atoms with Crippen molar-refractivity contribution in [2.24, 2.45) is 0 Å². The number of hydrogen-bond acceptors (Lipinski definition) is 3. The maximum absolute atomic E-state index is 12.7. The minimum atomic E-state index is -0.494. The number of carbonyl (C=O) groups is 1. The van der Waals surface area contributed by atoms with E-state index >= 15 is 0 Å². The van der Waals surface area contributed by atoms with Crippen LogP contribution in [-0.2, 0) is 9.47 Å². The molecule has 0 spiro atoms. The van der Waals surface area contributed by atoms with E-state index in [2.05, 4.69) is 48.5 Å². The van der Waals surface area contributed by atoms with E-state index in [9.17, 15) is 4.79 Å². The second kappa shape index (κ2) is 6.44. The average molecular weight is 351 g/mol. The number of amides is 1. The molecule has 136 valence electrons. The van der Waals surface area contributed by atoms with Gasteiger partial charge in [-0.05, 0) is 49.1 Å². The van der Waals surface area contributed by atoms with Gasteiger partial charge in [0.05, 0.1) is 25.3 Å². The van der Waals surface area contributed by atoms with Crippen LogP contribution in [0.25, 0.3) is 16.3 Å². The summed E-state index contributed by atoms with van der Waals surface area (Å²) in [5.74, 6) is 0.